The van der Waals surface area contributed by atoms with Crippen LogP contribution < -0.4 is 10.6 Å². The number of rotatable bonds is 2. The molecule has 1 saturated heterocycles. The summed E-state index contributed by atoms with van der Waals surface area (Å²) in [6, 6.07) is 8.07. The Morgan fingerprint density at radius 2 is 2.00 bits per heavy atom. The van der Waals surface area contributed by atoms with E-state index in [1.165, 1.54) is 5.56 Å². The standard InChI is InChI=1S/C19H23N3O2/c1-2-5-18(23)20-15-10-12-22(13-11-15)17-9-8-14-6-3-4-7-16(14)21-19(17)24/h3-4,6-7,15,17H,8-13H2,1H3,(H,20,23)(H,21,24). The highest BCUT2D eigenvalue weighted by molar-refractivity contribution is 5.96. The fraction of sp³-hybridized carbons (Fsp3) is 0.474. The van der Waals surface area contributed by atoms with E-state index in [2.05, 4.69) is 33.4 Å². The lowest BCUT2D eigenvalue weighted by molar-refractivity contribution is -0.122. The fourth-order valence-electron chi connectivity index (χ4n) is 3.54. The van der Waals surface area contributed by atoms with Gasteiger partial charge in [0.05, 0.1) is 6.04 Å². The lowest BCUT2D eigenvalue weighted by atomic mass is 10.00. The molecule has 0 spiro atoms. The summed E-state index contributed by atoms with van der Waals surface area (Å²) in [6.45, 7) is 3.29. The molecule has 2 amide bonds. The van der Waals surface area contributed by atoms with Crippen LogP contribution in [0, 0.1) is 11.8 Å². The molecule has 1 fully saturated rings. The van der Waals surface area contributed by atoms with Gasteiger partial charge >= 0.3 is 0 Å². The van der Waals surface area contributed by atoms with Crippen molar-refractivity contribution in [1.82, 2.24) is 10.2 Å². The molecular weight excluding hydrogens is 302 g/mol. The number of hydrogen-bond acceptors (Lipinski definition) is 3. The Balaban J connectivity index is 1.57. The van der Waals surface area contributed by atoms with E-state index in [1.807, 2.05) is 18.2 Å². The first-order chi connectivity index (χ1) is 11.7. The lowest BCUT2D eigenvalue weighted by Crippen LogP contribution is -2.51. The summed E-state index contributed by atoms with van der Waals surface area (Å²) in [4.78, 5) is 26.4. The van der Waals surface area contributed by atoms with Crippen molar-refractivity contribution in [2.45, 2.75) is 44.7 Å². The average Bonchev–Trinajstić information content (AvgIpc) is 2.74. The van der Waals surface area contributed by atoms with Crippen LogP contribution in [0.15, 0.2) is 24.3 Å². The van der Waals surface area contributed by atoms with E-state index < -0.39 is 0 Å². The van der Waals surface area contributed by atoms with Crippen molar-refractivity contribution in [2.24, 2.45) is 0 Å². The fourth-order valence-corrected chi connectivity index (χ4v) is 3.54. The van der Waals surface area contributed by atoms with Gasteiger partial charge in [-0.3, -0.25) is 14.5 Å². The summed E-state index contributed by atoms with van der Waals surface area (Å²) < 4.78 is 0. The van der Waals surface area contributed by atoms with Gasteiger partial charge in [-0.05, 0) is 50.2 Å². The first kappa shape index (κ1) is 16.5. The quantitative estimate of drug-likeness (QED) is 0.811. The van der Waals surface area contributed by atoms with E-state index in [0.717, 1.165) is 44.5 Å². The molecule has 5 heteroatoms. The molecule has 1 unspecified atom stereocenters. The zero-order valence-corrected chi connectivity index (χ0v) is 14.0. The maximum absolute atomic E-state index is 12.6. The number of anilines is 1. The number of aryl methyl sites for hydroxylation is 1. The summed E-state index contributed by atoms with van der Waals surface area (Å²) >= 11 is 0. The SMILES string of the molecule is CC#CC(=O)NC1CCN(C2CCc3ccccc3NC2=O)CC1. The molecule has 2 N–H and O–H groups in total. The van der Waals surface area contributed by atoms with Crippen LogP contribution in [0.2, 0.25) is 0 Å². The van der Waals surface area contributed by atoms with Crippen molar-refractivity contribution in [3.63, 3.8) is 0 Å². The average molecular weight is 325 g/mol. The summed E-state index contributed by atoms with van der Waals surface area (Å²) in [6.07, 6.45) is 3.45. The molecule has 0 aromatic heterocycles. The minimum absolute atomic E-state index is 0.0827. The summed E-state index contributed by atoms with van der Waals surface area (Å²) in [5, 5.41) is 6.00. The molecule has 0 saturated carbocycles. The molecule has 3 rings (SSSR count). The van der Waals surface area contributed by atoms with E-state index in [1.54, 1.807) is 6.92 Å². The van der Waals surface area contributed by atoms with Crippen LogP contribution in [0.25, 0.3) is 0 Å². The Hall–Kier alpha value is -2.32. The van der Waals surface area contributed by atoms with Gasteiger partial charge in [-0.2, -0.15) is 0 Å². The number of likely N-dealkylation sites (tertiary alicyclic amines) is 1. The number of para-hydroxylation sites is 1. The van der Waals surface area contributed by atoms with Crippen molar-refractivity contribution in [3.8, 4) is 11.8 Å². The van der Waals surface area contributed by atoms with Gasteiger partial charge in [0.15, 0.2) is 0 Å². The summed E-state index contributed by atoms with van der Waals surface area (Å²) in [5.74, 6) is 5.00. The van der Waals surface area contributed by atoms with Gasteiger partial charge in [-0.15, -0.1) is 0 Å². The van der Waals surface area contributed by atoms with Crippen molar-refractivity contribution in [2.75, 3.05) is 18.4 Å². The second kappa shape index (κ2) is 7.50. The maximum atomic E-state index is 12.6. The first-order valence-electron chi connectivity index (χ1n) is 8.53. The molecule has 2 aliphatic heterocycles. The highest BCUT2D eigenvalue weighted by Crippen LogP contribution is 2.25. The Bertz CT molecular complexity index is 681. The molecule has 0 bridgehead atoms. The number of fused-ring (bicyclic) bond motifs is 1. The van der Waals surface area contributed by atoms with Crippen LogP contribution in [-0.4, -0.2) is 41.9 Å². The minimum Gasteiger partial charge on any atom is -0.342 e. The number of amides is 2. The number of hydrogen-bond donors (Lipinski definition) is 2. The third-order valence-electron chi connectivity index (χ3n) is 4.81. The molecule has 1 aromatic rings. The Morgan fingerprint density at radius 3 is 2.75 bits per heavy atom. The zero-order valence-electron chi connectivity index (χ0n) is 14.0. The highest BCUT2D eigenvalue weighted by atomic mass is 16.2. The molecule has 1 atom stereocenters. The summed E-state index contributed by atoms with van der Waals surface area (Å²) in [5.41, 5.74) is 2.14. The third kappa shape index (κ3) is 3.77. The second-order valence-electron chi connectivity index (χ2n) is 6.36. The van der Waals surface area contributed by atoms with Gasteiger partial charge in [-0.25, -0.2) is 0 Å². The van der Waals surface area contributed by atoms with Crippen LogP contribution in [0.5, 0.6) is 0 Å². The van der Waals surface area contributed by atoms with Gasteiger partial charge < -0.3 is 10.6 Å². The van der Waals surface area contributed by atoms with E-state index in [4.69, 9.17) is 0 Å². The number of benzene rings is 1. The largest absolute Gasteiger partial charge is 0.342 e. The van der Waals surface area contributed by atoms with Gasteiger partial charge in [0.25, 0.3) is 5.91 Å². The smallest absolute Gasteiger partial charge is 0.296 e. The second-order valence-corrected chi connectivity index (χ2v) is 6.36. The van der Waals surface area contributed by atoms with Crippen molar-refractivity contribution < 1.29 is 9.59 Å². The minimum atomic E-state index is -0.210. The molecule has 5 nitrogen and oxygen atoms in total. The predicted octanol–water partition coefficient (Wildman–Crippen LogP) is 1.54. The van der Waals surface area contributed by atoms with Crippen LogP contribution in [0.3, 0.4) is 0 Å². The topological polar surface area (TPSA) is 61.4 Å². The molecule has 0 aliphatic carbocycles. The third-order valence-corrected chi connectivity index (χ3v) is 4.81. The maximum Gasteiger partial charge on any atom is 0.296 e. The number of carbonyl (C=O) groups excluding carboxylic acids is 2. The van der Waals surface area contributed by atoms with Crippen LogP contribution in [0.1, 0.15) is 31.7 Å². The van der Waals surface area contributed by atoms with Gasteiger partial charge in [0.1, 0.15) is 0 Å². The van der Waals surface area contributed by atoms with Crippen molar-refractivity contribution in [3.05, 3.63) is 29.8 Å². The van der Waals surface area contributed by atoms with E-state index in [-0.39, 0.29) is 23.9 Å². The Morgan fingerprint density at radius 1 is 1.25 bits per heavy atom. The van der Waals surface area contributed by atoms with Crippen molar-refractivity contribution >= 4 is 17.5 Å². The molecule has 2 heterocycles. The Labute approximate surface area is 142 Å². The highest BCUT2D eigenvalue weighted by Gasteiger charge is 2.31. The van der Waals surface area contributed by atoms with Gasteiger partial charge in [0.2, 0.25) is 5.91 Å². The first-order valence-corrected chi connectivity index (χ1v) is 8.53. The lowest BCUT2D eigenvalue weighted by Gasteiger charge is -2.36. The normalized spacial score (nSPS) is 21.7. The number of carbonyl (C=O) groups is 2. The van der Waals surface area contributed by atoms with E-state index in [9.17, 15) is 9.59 Å². The van der Waals surface area contributed by atoms with Crippen LogP contribution in [-0.2, 0) is 16.0 Å². The zero-order chi connectivity index (χ0) is 16.9. The molecule has 24 heavy (non-hydrogen) atoms. The number of nitrogens with one attached hydrogen (secondary N) is 2. The monoisotopic (exact) mass is 325 g/mol. The van der Waals surface area contributed by atoms with E-state index in [0.29, 0.717) is 0 Å². The molecule has 2 aliphatic rings. The van der Waals surface area contributed by atoms with Gasteiger partial charge in [0, 0.05) is 24.8 Å². The Kier molecular flexibility index (Phi) is 5.17. The van der Waals surface area contributed by atoms with E-state index >= 15 is 0 Å². The number of nitrogens with zero attached hydrogens (tertiary/aromatic N) is 1. The molecular formula is C19H23N3O2. The number of piperidine rings is 1. The molecule has 1 aromatic carbocycles. The molecule has 126 valence electrons. The predicted molar refractivity (Wildman–Crippen MR) is 93.4 cm³/mol. The van der Waals surface area contributed by atoms with Gasteiger partial charge in [-0.1, -0.05) is 24.1 Å². The molecule has 0 radical (unpaired) electrons. The van der Waals surface area contributed by atoms with Crippen LogP contribution in [0.4, 0.5) is 5.69 Å². The summed E-state index contributed by atoms with van der Waals surface area (Å²) in [7, 11) is 0. The van der Waals surface area contributed by atoms with Crippen molar-refractivity contribution in [1.29, 1.82) is 0 Å². The van der Waals surface area contributed by atoms with Crippen LogP contribution >= 0.6 is 0 Å².